The fraction of sp³-hybridized carbons (Fsp3) is 0.214. The Balaban J connectivity index is 1.38. The number of urea groups is 1. The molecular formula is C28H29N3O4. The molecule has 3 aromatic carbocycles. The lowest BCUT2D eigenvalue weighted by atomic mass is 10.1. The van der Waals surface area contributed by atoms with Crippen LogP contribution in [0.25, 0.3) is 0 Å². The molecule has 0 spiro atoms. The highest BCUT2D eigenvalue weighted by Gasteiger charge is 2.17. The Hall–Kier alpha value is -4.26. The van der Waals surface area contributed by atoms with E-state index in [1.54, 1.807) is 11.0 Å². The summed E-state index contributed by atoms with van der Waals surface area (Å²) in [4.78, 5) is 27.0. The molecule has 0 aliphatic carbocycles. The minimum absolute atomic E-state index is 0.0873. The summed E-state index contributed by atoms with van der Waals surface area (Å²) in [5.41, 5.74) is 4.72. The van der Waals surface area contributed by atoms with Crippen molar-refractivity contribution >= 4 is 17.6 Å². The summed E-state index contributed by atoms with van der Waals surface area (Å²) in [6.45, 7) is 7.13. The van der Waals surface area contributed by atoms with Gasteiger partial charge in [-0.2, -0.15) is 0 Å². The SMILES string of the molecule is C=CCNC(=O)N(Cc1cccc(C)c1)c1ccc(CC(=O)NCc2ccc3c(c2)OCO3)cc1. The van der Waals surface area contributed by atoms with E-state index in [1.807, 2.05) is 67.6 Å². The quantitative estimate of drug-likeness (QED) is 0.451. The van der Waals surface area contributed by atoms with Crippen LogP contribution in [0, 0.1) is 6.92 Å². The second kappa shape index (κ2) is 11.2. The van der Waals surface area contributed by atoms with Crippen LogP contribution in [0.15, 0.2) is 79.4 Å². The molecule has 3 aromatic rings. The van der Waals surface area contributed by atoms with E-state index in [0.29, 0.717) is 25.4 Å². The number of benzene rings is 3. The molecule has 0 saturated heterocycles. The van der Waals surface area contributed by atoms with Gasteiger partial charge >= 0.3 is 6.03 Å². The highest BCUT2D eigenvalue weighted by Crippen LogP contribution is 2.32. The molecule has 1 aliphatic rings. The van der Waals surface area contributed by atoms with Crippen molar-refractivity contribution in [2.45, 2.75) is 26.4 Å². The summed E-state index contributed by atoms with van der Waals surface area (Å²) in [5.74, 6) is 1.32. The summed E-state index contributed by atoms with van der Waals surface area (Å²) in [6.07, 6.45) is 1.89. The maximum atomic E-state index is 12.8. The van der Waals surface area contributed by atoms with Crippen molar-refractivity contribution in [2.24, 2.45) is 0 Å². The first-order chi connectivity index (χ1) is 17.0. The molecule has 0 bridgehead atoms. The molecule has 0 radical (unpaired) electrons. The average Bonchev–Trinajstić information content (AvgIpc) is 3.33. The van der Waals surface area contributed by atoms with Crippen LogP contribution >= 0.6 is 0 Å². The predicted molar refractivity (Wildman–Crippen MR) is 136 cm³/mol. The van der Waals surface area contributed by atoms with Gasteiger partial charge in [-0.1, -0.05) is 54.1 Å². The lowest BCUT2D eigenvalue weighted by Gasteiger charge is -2.23. The van der Waals surface area contributed by atoms with Crippen molar-refractivity contribution in [1.29, 1.82) is 0 Å². The number of hydrogen-bond acceptors (Lipinski definition) is 4. The van der Waals surface area contributed by atoms with Gasteiger partial charge in [0.2, 0.25) is 12.7 Å². The highest BCUT2D eigenvalue weighted by molar-refractivity contribution is 5.92. The molecule has 4 rings (SSSR count). The first-order valence-corrected chi connectivity index (χ1v) is 11.5. The van der Waals surface area contributed by atoms with Gasteiger partial charge in [0.1, 0.15) is 0 Å². The highest BCUT2D eigenvalue weighted by atomic mass is 16.7. The second-order valence-corrected chi connectivity index (χ2v) is 8.36. The zero-order chi connectivity index (χ0) is 24.6. The Morgan fingerprint density at radius 3 is 2.49 bits per heavy atom. The van der Waals surface area contributed by atoms with Gasteiger partial charge in [0.15, 0.2) is 11.5 Å². The predicted octanol–water partition coefficient (Wildman–Crippen LogP) is 4.48. The maximum absolute atomic E-state index is 12.8. The van der Waals surface area contributed by atoms with Crippen molar-refractivity contribution in [3.63, 3.8) is 0 Å². The number of anilines is 1. The smallest absolute Gasteiger partial charge is 0.322 e. The Labute approximate surface area is 205 Å². The van der Waals surface area contributed by atoms with Crippen molar-refractivity contribution in [1.82, 2.24) is 10.6 Å². The van der Waals surface area contributed by atoms with Gasteiger partial charge in [-0.15, -0.1) is 6.58 Å². The molecule has 0 fully saturated rings. The largest absolute Gasteiger partial charge is 0.454 e. The summed E-state index contributed by atoms with van der Waals surface area (Å²) >= 11 is 0. The van der Waals surface area contributed by atoms with Crippen LogP contribution in [0.3, 0.4) is 0 Å². The molecule has 7 heteroatoms. The van der Waals surface area contributed by atoms with Crippen LogP contribution in [-0.2, 0) is 24.3 Å². The molecule has 0 saturated carbocycles. The van der Waals surface area contributed by atoms with Gasteiger partial charge < -0.3 is 20.1 Å². The van der Waals surface area contributed by atoms with E-state index in [1.165, 1.54) is 0 Å². The van der Waals surface area contributed by atoms with Gasteiger partial charge in [-0.05, 0) is 47.9 Å². The number of carbonyl (C=O) groups excluding carboxylic acids is 2. The van der Waals surface area contributed by atoms with E-state index in [4.69, 9.17) is 9.47 Å². The van der Waals surface area contributed by atoms with E-state index < -0.39 is 0 Å². The van der Waals surface area contributed by atoms with Crippen LogP contribution in [0.2, 0.25) is 0 Å². The number of hydrogen-bond donors (Lipinski definition) is 2. The van der Waals surface area contributed by atoms with Crippen LogP contribution < -0.4 is 25.0 Å². The first kappa shape index (κ1) is 23.9. The first-order valence-electron chi connectivity index (χ1n) is 11.5. The fourth-order valence-electron chi connectivity index (χ4n) is 3.82. The molecule has 2 N–H and O–H groups in total. The summed E-state index contributed by atoms with van der Waals surface area (Å²) in [6, 6.07) is 21.0. The summed E-state index contributed by atoms with van der Waals surface area (Å²) in [7, 11) is 0. The molecule has 1 aliphatic heterocycles. The van der Waals surface area contributed by atoms with Crippen molar-refractivity contribution < 1.29 is 19.1 Å². The zero-order valence-electron chi connectivity index (χ0n) is 19.8. The fourth-order valence-corrected chi connectivity index (χ4v) is 3.82. The molecule has 1 heterocycles. The van der Waals surface area contributed by atoms with Crippen LogP contribution in [-0.4, -0.2) is 25.3 Å². The van der Waals surface area contributed by atoms with Gasteiger partial charge in [-0.3, -0.25) is 9.69 Å². The number of fused-ring (bicyclic) bond motifs is 1. The van der Waals surface area contributed by atoms with E-state index >= 15 is 0 Å². The number of amides is 3. The minimum Gasteiger partial charge on any atom is -0.454 e. The lowest BCUT2D eigenvalue weighted by Crippen LogP contribution is -2.39. The molecule has 0 atom stereocenters. The molecule has 7 nitrogen and oxygen atoms in total. The Morgan fingerprint density at radius 2 is 1.71 bits per heavy atom. The van der Waals surface area contributed by atoms with Gasteiger partial charge in [0.25, 0.3) is 0 Å². The van der Waals surface area contributed by atoms with Gasteiger partial charge in [-0.25, -0.2) is 4.79 Å². The Morgan fingerprint density at radius 1 is 0.943 bits per heavy atom. The molecule has 35 heavy (non-hydrogen) atoms. The topological polar surface area (TPSA) is 79.9 Å². The number of aryl methyl sites for hydroxylation is 1. The summed E-state index contributed by atoms with van der Waals surface area (Å²) < 4.78 is 10.7. The average molecular weight is 472 g/mol. The van der Waals surface area contributed by atoms with E-state index in [9.17, 15) is 9.59 Å². The van der Waals surface area contributed by atoms with Crippen molar-refractivity contribution in [3.05, 3.63) is 102 Å². The number of carbonyl (C=O) groups is 2. The van der Waals surface area contributed by atoms with Gasteiger partial charge in [0, 0.05) is 18.8 Å². The standard InChI is InChI=1S/C28H29N3O4/c1-3-13-29-28(33)31(18-23-6-4-5-20(2)14-23)24-10-7-21(8-11-24)16-27(32)30-17-22-9-12-25-26(15-22)35-19-34-25/h3-12,14-15H,1,13,16-19H2,2H3,(H,29,33)(H,30,32). The van der Waals surface area contributed by atoms with Crippen LogP contribution in [0.1, 0.15) is 22.3 Å². The third-order valence-electron chi connectivity index (χ3n) is 5.61. The van der Waals surface area contributed by atoms with E-state index in [-0.39, 0.29) is 25.2 Å². The minimum atomic E-state index is -0.208. The second-order valence-electron chi connectivity index (χ2n) is 8.36. The number of rotatable bonds is 9. The van der Waals surface area contributed by atoms with Crippen LogP contribution in [0.5, 0.6) is 11.5 Å². The maximum Gasteiger partial charge on any atom is 0.322 e. The zero-order valence-corrected chi connectivity index (χ0v) is 19.8. The van der Waals surface area contributed by atoms with Crippen LogP contribution in [0.4, 0.5) is 10.5 Å². The van der Waals surface area contributed by atoms with Crippen molar-refractivity contribution in [3.8, 4) is 11.5 Å². The number of ether oxygens (including phenoxy) is 2. The van der Waals surface area contributed by atoms with Crippen molar-refractivity contribution in [2.75, 3.05) is 18.2 Å². The third-order valence-corrected chi connectivity index (χ3v) is 5.61. The number of nitrogens with one attached hydrogen (secondary N) is 2. The molecule has 0 aromatic heterocycles. The monoisotopic (exact) mass is 471 g/mol. The Bertz CT molecular complexity index is 1210. The third kappa shape index (κ3) is 6.41. The normalized spacial score (nSPS) is 11.6. The molecule has 180 valence electrons. The molecular weight excluding hydrogens is 442 g/mol. The van der Waals surface area contributed by atoms with Gasteiger partial charge in [0.05, 0.1) is 13.0 Å². The van der Waals surface area contributed by atoms with E-state index in [0.717, 1.165) is 33.7 Å². The lowest BCUT2D eigenvalue weighted by molar-refractivity contribution is -0.120. The molecule has 3 amide bonds. The summed E-state index contributed by atoms with van der Waals surface area (Å²) in [5, 5.41) is 5.78. The molecule has 0 unspecified atom stereocenters. The van der Waals surface area contributed by atoms with E-state index in [2.05, 4.69) is 23.3 Å². The number of nitrogens with zero attached hydrogens (tertiary/aromatic N) is 1. The Kier molecular flexibility index (Phi) is 7.67.